The summed E-state index contributed by atoms with van der Waals surface area (Å²) in [4.78, 5) is 21.8. The molecule has 210 valence electrons. The Morgan fingerprint density at radius 2 is 1.82 bits per heavy atom. The largest absolute Gasteiger partial charge is 0.435 e. The Balaban J connectivity index is 1.36. The fourth-order valence-corrected chi connectivity index (χ4v) is 4.52. The maximum Gasteiger partial charge on any atom is 0.387 e. The molecule has 0 unspecified atom stereocenters. The number of imidazole rings is 1. The number of carbonyl (C=O) groups is 1. The number of rotatable bonds is 14. The Kier molecular flexibility index (Phi) is 9.61. The Hall–Kier alpha value is -4.54. The van der Waals surface area contributed by atoms with Crippen molar-refractivity contribution in [3.8, 4) is 17.0 Å². The summed E-state index contributed by atoms with van der Waals surface area (Å²) in [6.07, 6.45) is 10.5. The van der Waals surface area contributed by atoms with Crippen LogP contribution in [0.25, 0.3) is 16.9 Å². The standard InChI is InChI=1S/C29H33F2N7O2/c1-19-17-21(10-13-23(19)25(39)7-5-3-2-4-6-14-35-29(32)33)37-26-27-36-18-24(38(27)16-15-34-26)20-8-11-22(12-9-20)40-28(30)31/h8-13,15-18,28H,2-7,14H2,1H3,(H,34,37)(H4,32,33,35). The summed E-state index contributed by atoms with van der Waals surface area (Å²) in [7, 11) is 0. The van der Waals surface area contributed by atoms with Gasteiger partial charge in [-0.05, 0) is 67.8 Å². The van der Waals surface area contributed by atoms with Gasteiger partial charge in [-0.15, -0.1) is 0 Å². The van der Waals surface area contributed by atoms with Gasteiger partial charge in [0.25, 0.3) is 0 Å². The number of anilines is 2. The molecule has 4 aromatic rings. The number of nitrogens with two attached hydrogens (primary N) is 1. The lowest BCUT2D eigenvalue weighted by molar-refractivity contribution is -0.0498. The van der Waals surface area contributed by atoms with E-state index in [1.54, 1.807) is 30.7 Å². The third kappa shape index (κ3) is 7.52. The van der Waals surface area contributed by atoms with Crippen molar-refractivity contribution in [2.75, 3.05) is 11.9 Å². The molecular formula is C29H33F2N7O2. The van der Waals surface area contributed by atoms with E-state index in [2.05, 4.69) is 25.3 Å². The molecule has 2 aromatic heterocycles. The fraction of sp³-hybridized carbons (Fsp3) is 0.310. The Morgan fingerprint density at radius 1 is 1.07 bits per heavy atom. The van der Waals surface area contributed by atoms with E-state index in [1.807, 2.05) is 29.5 Å². The molecule has 2 heterocycles. The number of benzene rings is 2. The molecule has 0 amide bonds. The van der Waals surface area contributed by atoms with Gasteiger partial charge < -0.3 is 21.1 Å². The van der Waals surface area contributed by atoms with Crippen molar-refractivity contribution >= 4 is 28.9 Å². The van der Waals surface area contributed by atoms with Crippen LogP contribution in [0.4, 0.5) is 20.3 Å². The summed E-state index contributed by atoms with van der Waals surface area (Å²) in [5, 5.41) is 13.2. The number of guanidine groups is 1. The highest BCUT2D eigenvalue weighted by molar-refractivity contribution is 5.98. The molecular weight excluding hydrogens is 516 g/mol. The molecule has 0 aliphatic rings. The fourth-order valence-electron chi connectivity index (χ4n) is 4.52. The van der Waals surface area contributed by atoms with Crippen molar-refractivity contribution in [1.29, 1.82) is 5.41 Å². The summed E-state index contributed by atoms with van der Waals surface area (Å²) in [6, 6.07) is 12.0. The number of ketones is 1. The number of nitrogens with zero attached hydrogens (tertiary/aromatic N) is 3. The van der Waals surface area contributed by atoms with Gasteiger partial charge in [0.05, 0.1) is 11.9 Å². The highest BCUT2D eigenvalue weighted by Crippen LogP contribution is 2.28. The van der Waals surface area contributed by atoms with E-state index in [1.165, 1.54) is 12.1 Å². The molecule has 0 radical (unpaired) electrons. The third-order valence-corrected chi connectivity index (χ3v) is 6.49. The number of hydrogen-bond donors (Lipinski definition) is 4. The van der Waals surface area contributed by atoms with Crippen molar-refractivity contribution in [3.63, 3.8) is 0 Å². The number of unbranched alkanes of at least 4 members (excludes halogenated alkanes) is 4. The second-order valence-electron chi connectivity index (χ2n) is 9.45. The van der Waals surface area contributed by atoms with Crippen molar-refractivity contribution < 1.29 is 18.3 Å². The molecule has 4 rings (SSSR count). The molecule has 0 aliphatic carbocycles. The van der Waals surface area contributed by atoms with E-state index >= 15 is 0 Å². The van der Waals surface area contributed by atoms with Crippen LogP contribution in [0, 0.1) is 12.3 Å². The first-order valence-corrected chi connectivity index (χ1v) is 13.2. The Bertz CT molecular complexity index is 1450. The molecule has 11 heteroatoms. The number of aryl methyl sites for hydroxylation is 1. The van der Waals surface area contributed by atoms with Gasteiger partial charge in [-0.2, -0.15) is 8.78 Å². The normalized spacial score (nSPS) is 11.1. The van der Waals surface area contributed by atoms with E-state index in [-0.39, 0.29) is 17.5 Å². The molecule has 40 heavy (non-hydrogen) atoms. The molecule has 0 aliphatic heterocycles. The molecule has 0 saturated heterocycles. The Labute approximate surface area is 231 Å². The number of ether oxygens (including phenoxy) is 1. The zero-order valence-electron chi connectivity index (χ0n) is 22.3. The van der Waals surface area contributed by atoms with Gasteiger partial charge in [0.1, 0.15) is 5.75 Å². The number of aromatic nitrogens is 3. The topological polar surface area (TPSA) is 130 Å². The van der Waals surface area contributed by atoms with Crippen LogP contribution in [0.3, 0.4) is 0 Å². The highest BCUT2D eigenvalue weighted by Gasteiger charge is 2.13. The van der Waals surface area contributed by atoms with Crippen LogP contribution in [-0.4, -0.2) is 39.3 Å². The lowest BCUT2D eigenvalue weighted by atomic mass is 9.99. The average Bonchev–Trinajstić information content (AvgIpc) is 3.35. The van der Waals surface area contributed by atoms with Crippen LogP contribution >= 0.6 is 0 Å². The van der Waals surface area contributed by atoms with Crippen LogP contribution < -0.4 is 21.1 Å². The lowest BCUT2D eigenvalue weighted by Crippen LogP contribution is -2.30. The Morgan fingerprint density at radius 3 is 2.55 bits per heavy atom. The molecule has 0 bridgehead atoms. The van der Waals surface area contributed by atoms with Crippen molar-refractivity contribution in [3.05, 3.63) is 72.2 Å². The van der Waals surface area contributed by atoms with Gasteiger partial charge in [-0.3, -0.25) is 14.6 Å². The molecule has 0 atom stereocenters. The average molecular weight is 550 g/mol. The number of halogens is 2. The summed E-state index contributed by atoms with van der Waals surface area (Å²) in [6.45, 7) is -0.251. The van der Waals surface area contributed by atoms with Crippen LogP contribution in [0.2, 0.25) is 0 Å². The summed E-state index contributed by atoms with van der Waals surface area (Å²) >= 11 is 0. The molecule has 9 nitrogen and oxygen atoms in total. The van der Waals surface area contributed by atoms with Crippen molar-refractivity contribution in [1.82, 2.24) is 19.7 Å². The second-order valence-corrected chi connectivity index (χ2v) is 9.45. The predicted molar refractivity (Wildman–Crippen MR) is 151 cm³/mol. The van der Waals surface area contributed by atoms with Crippen LogP contribution in [0.5, 0.6) is 5.75 Å². The number of hydrogen-bond acceptors (Lipinski definition) is 6. The van der Waals surface area contributed by atoms with E-state index < -0.39 is 6.61 Å². The van der Waals surface area contributed by atoms with Gasteiger partial charge in [-0.1, -0.05) is 19.3 Å². The van der Waals surface area contributed by atoms with Gasteiger partial charge in [0.15, 0.2) is 23.2 Å². The second kappa shape index (κ2) is 13.5. The first kappa shape index (κ1) is 28.5. The number of alkyl halides is 2. The van der Waals surface area contributed by atoms with Crippen molar-refractivity contribution in [2.24, 2.45) is 5.73 Å². The maximum absolute atomic E-state index is 12.8. The summed E-state index contributed by atoms with van der Waals surface area (Å²) in [5.41, 5.74) is 9.80. The van der Waals surface area contributed by atoms with Crippen LogP contribution in [0.15, 0.2) is 61.1 Å². The van der Waals surface area contributed by atoms with E-state index in [0.717, 1.165) is 54.6 Å². The molecule has 0 spiro atoms. The number of fused-ring (bicyclic) bond motifs is 1. The van der Waals surface area contributed by atoms with Gasteiger partial charge >= 0.3 is 6.61 Å². The first-order valence-electron chi connectivity index (χ1n) is 13.2. The van der Waals surface area contributed by atoms with E-state index in [0.29, 0.717) is 30.0 Å². The number of nitrogens with one attached hydrogen (secondary N) is 3. The highest BCUT2D eigenvalue weighted by atomic mass is 19.3. The first-order chi connectivity index (χ1) is 19.3. The summed E-state index contributed by atoms with van der Waals surface area (Å²) in [5.74, 6) is 0.759. The number of Topliss-reactive ketones (excluding diaryl/α,β-unsaturated/α-hetero) is 1. The molecule has 0 fully saturated rings. The van der Waals surface area contributed by atoms with Gasteiger partial charge in [0, 0.05) is 42.2 Å². The van der Waals surface area contributed by atoms with Gasteiger partial charge in [-0.25, -0.2) is 9.97 Å². The lowest BCUT2D eigenvalue weighted by Gasteiger charge is -2.11. The monoisotopic (exact) mass is 549 g/mol. The molecule has 0 saturated carbocycles. The molecule has 5 N–H and O–H groups in total. The van der Waals surface area contributed by atoms with E-state index in [9.17, 15) is 13.6 Å². The third-order valence-electron chi connectivity index (χ3n) is 6.49. The minimum atomic E-state index is -2.87. The zero-order valence-corrected chi connectivity index (χ0v) is 22.3. The zero-order chi connectivity index (χ0) is 28.5. The number of carbonyl (C=O) groups excluding carboxylic acids is 1. The van der Waals surface area contributed by atoms with E-state index in [4.69, 9.17) is 11.1 Å². The molecule has 2 aromatic carbocycles. The SMILES string of the molecule is Cc1cc(Nc2nccn3c(-c4ccc(OC(F)F)cc4)cnc23)ccc1C(=O)CCCCCCCNC(=N)N. The summed E-state index contributed by atoms with van der Waals surface area (Å²) < 4.78 is 31.2. The minimum Gasteiger partial charge on any atom is -0.435 e. The van der Waals surface area contributed by atoms with Gasteiger partial charge in [0.2, 0.25) is 0 Å². The minimum absolute atomic E-state index is 0.00296. The van der Waals surface area contributed by atoms with Crippen LogP contribution in [0.1, 0.15) is 54.4 Å². The predicted octanol–water partition coefficient (Wildman–Crippen LogP) is 6.06. The smallest absolute Gasteiger partial charge is 0.387 e. The van der Waals surface area contributed by atoms with Crippen LogP contribution in [-0.2, 0) is 0 Å². The van der Waals surface area contributed by atoms with Crippen molar-refractivity contribution in [2.45, 2.75) is 52.1 Å². The quantitative estimate of drug-likeness (QED) is 0.0651. The maximum atomic E-state index is 12.8.